The molecule has 1 atom stereocenters. The summed E-state index contributed by atoms with van der Waals surface area (Å²) >= 11 is 6.18. The van der Waals surface area contributed by atoms with E-state index in [1.807, 2.05) is 18.2 Å². The molecule has 0 amide bonds. The molecule has 2 aliphatic rings. The Bertz CT molecular complexity index is 508. The third-order valence-electron chi connectivity index (χ3n) is 3.92. The number of ether oxygens (including phenoxy) is 1. The summed E-state index contributed by atoms with van der Waals surface area (Å²) in [6.45, 7) is 0.754. The Morgan fingerprint density at radius 2 is 2.16 bits per heavy atom. The molecule has 0 radical (unpaired) electrons. The van der Waals surface area contributed by atoms with Gasteiger partial charge in [-0.2, -0.15) is 0 Å². The highest BCUT2D eigenvalue weighted by Gasteiger charge is 2.19. The first-order valence-electron chi connectivity index (χ1n) is 7.04. The van der Waals surface area contributed by atoms with Gasteiger partial charge in [0.2, 0.25) is 0 Å². The molecule has 1 N–H and O–H groups in total. The summed E-state index contributed by atoms with van der Waals surface area (Å²) in [6.07, 6.45) is 7.74. The van der Waals surface area contributed by atoms with E-state index in [4.69, 9.17) is 16.3 Å². The first-order valence-corrected chi connectivity index (χ1v) is 7.42. The minimum Gasteiger partial charge on any atom is -0.493 e. The summed E-state index contributed by atoms with van der Waals surface area (Å²) < 4.78 is 5.74. The van der Waals surface area contributed by atoms with Gasteiger partial charge in [-0.05, 0) is 48.9 Å². The van der Waals surface area contributed by atoms with Gasteiger partial charge in [0.15, 0.2) is 0 Å². The van der Waals surface area contributed by atoms with Gasteiger partial charge in [0.25, 0.3) is 0 Å². The SMILES string of the molecule is OC1C=C(Cc2cc(Cl)cc3c2OCC3)CCCC1. The number of halogens is 1. The highest BCUT2D eigenvalue weighted by Crippen LogP contribution is 2.35. The maximum atomic E-state index is 9.85. The predicted octanol–water partition coefficient (Wildman–Crippen LogP) is 3.68. The summed E-state index contributed by atoms with van der Waals surface area (Å²) in [5.74, 6) is 1.02. The van der Waals surface area contributed by atoms with Gasteiger partial charge in [-0.25, -0.2) is 0 Å². The lowest BCUT2D eigenvalue weighted by molar-refractivity contribution is 0.211. The maximum Gasteiger partial charge on any atom is 0.126 e. The zero-order valence-electron chi connectivity index (χ0n) is 11.0. The van der Waals surface area contributed by atoms with Crippen LogP contribution in [0.5, 0.6) is 5.75 Å². The van der Waals surface area contributed by atoms with E-state index < -0.39 is 0 Å². The first kappa shape index (κ1) is 13.0. The number of benzene rings is 1. The molecule has 2 nitrogen and oxygen atoms in total. The number of hydrogen-bond donors (Lipinski definition) is 1. The van der Waals surface area contributed by atoms with E-state index in [2.05, 4.69) is 0 Å². The highest BCUT2D eigenvalue weighted by atomic mass is 35.5. The summed E-state index contributed by atoms with van der Waals surface area (Å²) in [5, 5.41) is 10.6. The first-order chi connectivity index (χ1) is 9.22. The Kier molecular flexibility index (Phi) is 3.81. The molecule has 1 aromatic carbocycles. The molecule has 0 bridgehead atoms. The lowest BCUT2D eigenvalue weighted by Gasteiger charge is -2.11. The van der Waals surface area contributed by atoms with E-state index in [-0.39, 0.29) is 6.10 Å². The molecule has 1 aliphatic carbocycles. The van der Waals surface area contributed by atoms with Gasteiger partial charge in [-0.1, -0.05) is 29.7 Å². The number of hydrogen-bond acceptors (Lipinski definition) is 2. The van der Waals surface area contributed by atoms with Crippen LogP contribution in [0.2, 0.25) is 5.02 Å². The molecule has 0 saturated heterocycles. The summed E-state index contributed by atoms with van der Waals surface area (Å²) in [5.41, 5.74) is 3.70. The molecular weight excluding hydrogens is 260 g/mol. The molecule has 0 saturated carbocycles. The quantitative estimate of drug-likeness (QED) is 0.836. The van der Waals surface area contributed by atoms with Crippen LogP contribution in [-0.2, 0) is 12.8 Å². The third-order valence-corrected chi connectivity index (χ3v) is 4.14. The smallest absolute Gasteiger partial charge is 0.126 e. The van der Waals surface area contributed by atoms with Gasteiger partial charge in [0.05, 0.1) is 12.7 Å². The molecular formula is C16H19ClO2. The topological polar surface area (TPSA) is 29.5 Å². The summed E-state index contributed by atoms with van der Waals surface area (Å²) in [6, 6.07) is 4.01. The van der Waals surface area contributed by atoms with E-state index >= 15 is 0 Å². The van der Waals surface area contributed by atoms with Crippen molar-refractivity contribution in [2.45, 2.75) is 44.6 Å². The molecule has 0 aromatic heterocycles. The fourth-order valence-electron chi connectivity index (χ4n) is 3.01. The number of aliphatic hydroxyl groups excluding tert-OH is 1. The zero-order valence-corrected chi connectivity index (χ0v) is 11.7. The van der Waals surface area contributed by atoms with Crippen LogP contribution < -0.4 is 4.74 Å². The normalized spacial score (nSPS) is 22.4. The number of rotatable bonds is 2. The Morgan fingerprint density at radius 1 is 1.26 bits per heavy atom. The van der Waals surface area contributed by atoms with E-state index in [0.29, 0.717) is 0 Å². The second-order valence-corrected chi connectivity index (χ2v) is 5.90. The molecule has 1 aliphatic heterocycles. The van der Waals surface area contributed by atoms with Gasteiger partial charge in [0, 0.05) is 11.4 Å². The Labute approximate surface area is 119 Å². The van der Waals surface area contributed by atoms with Crippen LogP contribution in [0, 0.1) is 0 Å². The minimum absolute atomic E-state index is 0.286. The van der Waals surface area contributed by atoms with Crippen LogP contribution in [-0.4, -0.2) is 17.8 Å². The number of allylic oxidation sites excluding steroid dienone is 1. The third kappa shape index (κ3) is 2.96. The Hall–Kier alpha value is -0.990. The van der Waals surface area contributed by atoms with Crippen molar-refractivity contribution >= 4 is 11.6 Å². The average molecular weight is 279 g/mol. The highest BCUT2D eigenvalue weighted by molar-refractivity contribution is 6.30. The van der Waals surface area contributed by atoms with Crippen molar-refractivity contribution in [3.8, 4) is 5.75 Å². The van der Waals surface area contributed by atoms with Gasteiger partial charge in [-0.15, -0.1) is 0 Å². The van der Waals surface area contributed by atoms with Crippen molar-refractivity contribution in [1.29, 1.82) is 0 Å². The molecule has 19 heavy (non-hydrogen) atoms. The van der Waals surface area contributed by atoms with E-state index in [9.17, 15) is 5.11 Å². The van der Waals surface area contributed by atoms with Gasteiger partial charge in [-0.3, -0.25) is 0 Å². The maximum absolute atomic E-state index is 9.85. The summed E-state index contributed by atoms with van der Waals surface area (Å²) in [7, 11) is 0. The molecule has 1 aromatic rings. The van der Waals surface area contributed by atoms with Crippen LogP contribution in [0.1, 0.15) is 36.8 Å². The number of aliphatic hydroxyl groups is 1. The average Bonchev–Trinajstić information content (AvgIpc) is 2.73. The standard InChI is InChI=1S/C16H19ClO2/c17-14-9-12-5-6-19-16(12)13(10-14)7-11-3-1-2-4-15(18)8-11/h8-10,15,18H,1-7H2. The van der Waals surface area contributed by atoms with Crippen molar-refractivity contribution < 1.29 is 9.84 Å². The lowest BCUT2D eigenvalue weighted by atomic mass is 9.98. The van der Waals surface area contributed by atoms with Crippen molar-refractivity contribution in [1.82, 2.24) is 0 Å². The van der Waals surface area contributed by atoms with Crippen LogP contribution >= 0.6 is 11.6 Å². The van der Waals surface area contributed by atoms with Crippen LogP contribution in [0.4, 0.5) is 0 Å². The van der Waals surface area contributed by atoms with Crippen LogP contribution in [0.3, 0.4) is 0 Å². The molecule has 102 valence electrons. The van der Waals surface area contributed by atoms with Crippen molar-refractivity contribution in [3.05, 3.63) is 39.9 Å². The van der Waals surface area contributed by atoms with Crippen molar-refractivity contribution in [2.75, 3.05) is 6.61 Å². The molecule has 0 fully saturated rings. The predicted molar refractivity (Wildman–Crippen MR) is 76.9 cm³/mol. The molecule has 3 rings (SSSR count). The molecule has 1 unspecified atom stereocenters. The monoisotopic (exact) mass is 278 g/mol. The lowest BCUT2D eigenvalue weighted by Crippen LogP contribution is -2.01. The van der Waals surface area contributed by atoms with Crippen LogP contribution in [0.25, 0.3) is 0 Å². The Morgan fingerprint density at radius 3 is 3.05 bits per heavy atom. The summed E-state index contributed by atoms with van der Waals surface area (Å²) in [4.78, 5) is 0. The van der Waals surface area contributed by atoms with Crippen LogP contribution in [0.15, 0.2) is 23.8 Å². The second-order valence-electron chi connectivity index (χ2n) is 5.47. The molecule has 3 heteroatoms. The second kappa shape index (κ2) is 5.56. The van der Waals surface area contributed by atoms with Gasteiger partial charge in [0.1, 0.15) is 5.75 Å². The Balaban J connectivity index is 1.87. The largest absolute Gasteiger partial charge is 0.493 e. The molecule has 1 heterocycles. The van der Waals surface area contributed by atoms with E-state index in [1.54, 1.807) is 0 Å². The fraction of sp³-hybridized carbons (Fsp3) is 0.500. The number of fused-ring (bicyclic) bond motifs is 1. The van der Waals surface area contributed by atoms with E-state index in [1.165, 1.54) is 16.7 Å². The van der Waals surface area contributed by atoms with Gasteiger partial charge < -0.3 is 9.84 Å². The molecule has 0 spiro atoms. The fourth-order valence-corrected chi connectivity index (χ4v) is 3.28. The van der Waals surface area contributed by atoms with Crippen molar-refractivity contribution in [2.24, 2.45) is 0 Å². The minimum atomic E-state index is -0.286. The van der Waals surface area contributed by atoms with Gasteiger partial charge >= 0.3 is 0 Å². The zero-order chi connectivity index (χ0) is 13.2. The van der Waals surface area contributed by atoms with E-state index in [0.717, 1.165) is 55.9 Å². The van der Waals surface area contributed by atoms with Crippen molar-refractivity contribution in [3.63, 3.8) is 0 Å².